The first-order chi connectivity index (χ1) is 12.7. The van der Waals surface area contributed by atoms with Crippen LogP contribution < -0.4 is 0 Å². The molecule has 0 radical (unpaired) electrons. The molecular formula is C23H38O3. The zero-order chi connectivity index (χ0) is 19.0. The molecule has 0 bridgehead atoms. The first-order valence-electron chi connectivity index (χ1n) is 10.7. The molecule has 3 heteroatoms. The third-order valence-corrected chi connectivity index (χ3v) is 4.84. The minimum absolute atomic E-state index is 0.221. The van der Waals surface area contributed by atoms with Gasteiger partial charge in [-0.1, -0.05) is 78.1 Å². The number of ether oxygens (including phenoxy) is 1. The highest BCUT2D eigenvalue weighted by Gasteiger charge is 2.13. The predicted octanol–water partition coefficient (Wildman–Crippen LogP) is 6.81. The van der Waals surface area contributed by atoms with Crippen molar-refractivity contribution in [3.8, 4) is 5.75 Å². The van der Waals surface area contributed by atoms with Crippen LogP contribution >= 0.6 is 0 Å². The number of hydrogen-bond acceptors (Lipinski definition) is 3. The summed E-state index contributed by atoms with van der Waals surface area (Å²) >= 11 is 0. The summed E-state index contributed by atoms with van der Waals surface area (Å²) in [6, 6.07) is 4.99. The Kier molecular flexibility index (Phi) is 12.7. The van der Waals surface area contributed by atoms with Gasteiger partial charge in [0.05, 0.1) is 12.2 Å². The maximum Gasteiger partial charge on any atom is 0.338 e. The van der Waals surface area contributed by atoms with Gasteiger partial charge in [-0.15, -0.1) is 0 Å². The SMILES string of the molecule is CCCCCCCCCCc1cc(O)ccc1C(=O)OCCCCCC. The number of phenolic OH excluding ortho intramolecular Hbond substituents is 1. The van der Waals surface area contributed by atoms with Gasteiger partial charge in [0.15, 0.2) is 0 Å². The van der Waals surface area contributed by atoms with Gasteiger partial charge in [0.25, 0.3) is 0 Å². The Balaban J connectivity index is 2.37. The van der Waals surface area contributed by atoms with Crippen LogP contribution in [0.25, 0.3) is 0 Å². The lowest BCUT2D eigenvalue weighted by molar-refractivity contribution is 0.0496. The lowest BCUT2D eigenvalue weighted by Gasteiger charge is -2.10. The summed E-state index contributed by atoms with van der Waals surface area (Å²) in [6.45, 7) is 4.89. The molecule has 1 N–H and O–H groups in total. The van der Waals surface area contributed by atoms with Gasteiger partial charge < -0.3 is 9.84 Å². The molecule has 0 fully saturated rings. The Hall–Kier alpha value is -1.51. The van der Waals surface area contributed by atoms with Crippen molar-refractivity contribution in [1.82, 2.24) is 0 Å². The van der Waals surface area contributed by atoms with E-state index in [1.165, 1.54) is 57.8 Å². The highest BCUT2D eigenvalue weighted by atomic mass is 16.5. The molecule has 0 atom stereocenters. The number of phenols is 1. The van der Waals surface area contributed by atoms with E-state index in [-0.39, 0.29) is 11.7 Å². The monoisotopic (exact) mass is 362 g/mol. The van der Waals surface area contributed by atoms with Crippen LogP contribution in [0.15, 0.2) is 18.2 Å². The summed E-state index contributed by atoms with van der Waals surface area (Å²) in [7, 11) is 0. The maximum atomic E-state index is 12.3. The van der Waals surface area contributed by atoms with Crippen molar-refractivity contribution < 1.29 is 14.6 Å². The molecule has 0 aliphatic rings. The zero-order valence-corrected chi connectivity index (χ0v) is 16.9. The minimum atomic E-state index is -0.254. The number of benzene rings is 1. The molecule has 0 heterocycles. The number of esters is 1. The van der Waals surface area contributed by atoms with Crippen LogP contribution in [0.3, 0.4) is 0 Å². The average molecular weight is 363 g/mol. The molecule has 148 valence electrons. The van der Waals surface area contributed by atoms with Crippen molar-refractivity contribution in [2.75, 3.05) is 6.61 Å². The van der Waals surface area contributed by atoms with E-state index in [1.807, 2.05) is 0 Å². The van der Waals surface area contributed by atoms with Gasteiger partial charge in [0, 0.05) is 0 Å². The van der Waals surface area contributed by atoms with Crippen molar-refractivity contribution in [3.05, 3.63) is 29.3 Å². The second-order valence-electron chi connectivity index (χ2n) is 7.26. The van der Waals surface area contributed by atoms with Gasteiger partial charge in [-0.25, -0.2) is 4.79 Å². The molecule has 0 unspecified atom stereocenters. The Bertz CT molecular complexity index is 496. The Labute approximate surface area is 160 Å². The number of carbonyl (C=O) groups excluding carboxylic acids is 1. The molecule has 0 spiro atoms. The van der Waals surface area contributed by atoms with Crippen molar-refractivity contribution in [3.63, 3.8) is 0 Å². The molecule has 26 heavy (non-hydrogen) atoms. The molecule has 1 rings (SSSR count). The molecule has 0 aliphatic heterocycles. The van der Waals surface area contributed by atoms with Crippen LogP contribution in [0.5, 0.6) is 5.75 Å². The van der Waals surface area contributed by atoms with Crippen LogP contribution in [0.1, 0.15) is 107 Å². The van der Waals surface area contributed by atoms with Gasteiger partial charge in [-0.3, -0.25) is 0 Å². The smallest absolute Gasteiger partial charge is 0.338 e. The molecule has 1 aromatic carbocycles. The van der Waals surface area contributed by atoms with Crippen LogP contribution in [0, 0.1) is 0 Å². The third-order valence-electron chi connectivity index (χ3n) is 4.84. The summed E-state index contributed by atoms with van der Waals surface area (Å²) in [6.07, 6.45) is 15.3. The summed E-state index contributed by atoms with van der Waals surface area (Å²) in [4.78, 5) is 12.3. The maximum absolute atomic E-state index is 12.3. The predicted molar refractivity (Wildman–Crippen MR) is 109 cm³/mol. The topological polar surface area (TPSA) is 46.5 Å². The van der Waals surface area contributed by atoms with Crippen LogP contribution in [0.2, 0.25) is 0 Å². The number of hydrogen-bond donors (Lipinski definition) is 1. The Morgan fingerprint density at radius 2 is 1.42 bits per heavy atom. The fourth-order valence-corrected chi connectivity index (χ4v) is 3.21. The van der Waals surface area contributed by atoms with Crippen LogP contribution in [-0.2, 0) is 11.2 Å². The summed E-state index contributed by atoms with van der Waals surface area (Å²) < 4.78 is 5.42. The third kappa shape index (κ3) is 9.84. The molecule has 3 nitrogen and oxygen atoms in total. The Morgan fingerprint density at radius 3 is 2.08 bits per heavy atom. The number of aromatic hydroxyl groups is 1. The van der Waals surface area contributed by atoms with E-state index in [1.54, 1.807) is 18.2 Å². The first-order valence-corrected chi connectivity index (χ1v) is 10.7. The molecule has 0 aliphatic carbocycles. The number of rotatable bonds is 15. The highest BCUT2D eigenvalue weighted by molar-refractivity contribution is 5.91. The quantitative estimate of drug-likeness (QED) is 0.275. The normalized spacial score (nSPS) is 10.8. The van der Waals surface area contributed by atoms with Gasteiger partial charge >= 0.3 is 5.97 Å². The Morgan fingerprint density at radius 1 is 0.846 bits per heavy atom. The highest BCUT2D eigenvalue weighted by Crippen LogP contribution is 2.21. The van der Waals surface area contributed by atoms with Gasteiger partial charge in [-0.2, -0.15) is 0 Å². The van der Waals surface area contributed by atoms with E-state index in [2.05, 4.69) is 13.8 Å². The molecule has 0 aromatic heterocycles. The van der Waals surface area contributed by atoms with E-state index in [4.69, 9.17) is 4.74 Å². The summed E-state index contributed by atoms with van der Waals surface area (Å²) in [5, 5.41) is 9.76. The lowest BCUT2D eigenvalue weighted by atomic mass is 10.00. The van der Waals surface area contributed by atoms with Crippen molar-refractivity contribution >= 4 is 5.97 Å². The zero-order valence-electron chi connectivity index (χ0n) is 16.9. The molecule has 0 amide bonds. The van der Waals surface area contributed by atoms with E-state index in [0.29, 0.717) is 12.2 Å². The number of aryl methyl sites for hydroxylation is 1. The molecular weight excluding hydrogens is 324 g/mol. The van der Waals surface area contributed by atoms with Crippen molar-refractivity contribution in [2.24, 2.45) is 0 Å². The van der Waals surface area contributed by atoms with Gasteiger partial charge in [0.2, 0.25) is 0 Å². The van der Waals surface area contributed by atoms with Crippen molar-refractivity contribution in [2.45, 2.75) is 97.3 Å². The summed E-state index contributed by atoms with van der Waals surface area (Å²) in [5.74, 6) is -0.0323. The largest absolute Gasteiger partial charge is 0.508 e. The van der Waals surface area contributed by atoms with Crippen LogP contribution in [0.4, 0.5) is 0 Å². The number of unbranched alkanes of at least 4 members (excludes halogenated alkanes) is 10. The first kappa shape index (κ1) is 22.5. The summed E-state index contributed by atoms with van der Waals surface area (Å²) in [5.41, 5.74) is 1.52. The van der Waals surface area contributed by atoms with Crippen LogP contribution in [-0.4, -0.2) is 17.7 Å². The fourth-order valence-electron chi connectivity index (χ4n) is 3.21. The second kappa shape index (κ2) is 14.6. The van der Waals surface area contributed by atoms with E-state index >= 15 is 0 Å². The minimum Gasteiger partial charge on any atom is -0.508 e. The van der Waals surface area contributed by atoms with Gasteiger partial charge in [-0.05, 0) is 43.0 Å². The van der Waals surface area contributed by atoms with Crippen molar-refractivity contribution in [1.29, 1.82) is 0 Å². The second-order valence-corrected chi connectivity index (χ2v) is 7.26. The molecule has 0 saturated carbocycles. The molecule has 0 saturated heterocycles. The average Bonchev–Trinajstić information content (AvgIpc) is 2.63. The standard InChI is InChI=1S/C23H38O3/c1-3-5-7-9-10-11-12-13-15-20-19-21(24)16-17-22(20)23(25)26-18-14-8-6-4-2/h16-17,19,24H,3-15,18H2,1-2H3. The van der Waals surface area contributed by atoms with E-state index < -0.39 is 0 Å². The lowest BCUT2D eigenvalue weighted by Crippen LogP contribution is -2.09. The van der Waals surface area contributed by atoms with E-state index in [0.717, 1.165) is 31.2 Å². The van der Waals surface area contributed by atoms with Gasteiger partial charge in [0.1, 0.15) is 5.75 Å². The number of carbonyl (C=O) groups is 1. The fraction of sp³-hybridized carbons (Fsp3) is 0.696. The molecule has 1 aromatic rings. The van der Waals surface area contributed by atoms with E-state index in [9.17, 15) is 9.90 Å².